The van der Waals surface area contributed by atoms with Crippen molar-refractivity contribution in [2.24, 2.45) is 5.92 Å². The van der Waals surface area contributed by atoms with Crippen LogP contribution in [0.5, 0.6) is 0 Å². The lowest BCUT2D eigenvalue weighted by atomic mass is 10.1. The maximum atomic E-state index is 3.69. The fourth-order valence-electron chi connectivity index (χ4n) is 2.24. The zero-order chi connectivity index (χ0) is 11.3. The molecule has 1 atom stereocenters. The number of hydrogen-bond donors (Lipinski definition) is 1. The molecule has 0 saturated carbocycles. The molecule has 1 rings (SSSR count). The third-order valence-electron chi connectivity index (χ3n) is 3.31. The van der Waals surface area contributed by atoms with Gasteiger partial charge in [0.25, 0.3) is 0 Å². The molecule has 0 spiro atoms. The molecular weight excluding hydrogens is 184 g/mol. The van der Waals surface area contributed by atoms with Crippen LogP contribution in [0.15, 0.2) is 0 Å². The largest absolute Gasteiger partial charge is 0.314 e. The highest BCUT2D eigenvalue weighted by atomic mass is 15.1. The molecule has 15 heavy (non-hydrogen) atoms. The summed E-state index contributed by atoms with van der Waals surface area (Å²) in [4.78, 5) is 2.61. The minimum absolute atomic E-state index is 0.717. The number of rotatable bonds is 4. The quantitative estimate of drug-likeness (QED) is 0.770. The number of likely N-dealkylation sites (tertiary alicyclic amines) is 1. The Hall–Kier alpha value is -0.0800. The number of hydrogen-bond acceptors (Lipinski definition) is 2. The lowest BCUT2D eigenvalue weighted by Gasteiger charge is -2.24. The van der Waals surface area contributed by atoms with Gasteiger partial charge in [0.15, 0.2) is 0 Å². The highest BCUT2D eigenvalue weighted by molar-refractivity contribution is 4.76. The Morgan fingerprint density at radius 1 is 1.13 bits per heavy atom. The van der Waals surface area contributed by atoms with Gasteiger partial charge in [-0.15, -0.1) is 0 Å². The molecular formula is C13H28N2. The molecule has 0 amide bonds. The van der Waals surface area contributed by atoms with Gasteiger partial charge in [-0.25, -0.2) is 0 Å². The summed E-state index contributed by atoms with van der Waals surface area (Å²) < 4.78 is 0. The third kappa shape index (κ3) is 4.98. The molecule has 0 radical (unpaired) electrons. The smallest absolute Gasteiger partial charge is 0.00798 e. The first-order chi connectivity index (χ1) is 7.09. The van der Waals surface area contributed by atoms with Gasteiger partial charge in [-0.05, 0) is 58.7 Å². The zero-order valence-electron chi connectivity index (χ0n) is 10.9. The van der Waals surface area contributed by atoms with Gasteiger partial charge in [-0.3, -0.25) is 0 Å². The molecule has 0 aromatic carbocycles. The molecule has 1 saturated heterocycles. The van der Waals surface area contributed by atoms with Crippen molar-refractivity contribution in [3.05, 3.63) is 0 Å². The summed E-state index contributed by atoms with van der Waals surface area (Å²) in [7, 11) is 0. The van der Waals surface area contributed by atoms with Crippen LogP contribution in [0, 0.1) is 5.92 Å². The van der Waals surface area contributed by atoms with Crippen molar-refractivity contribution in [2.45, 2.75) is 59.0 Å². The monoisotopic (exact) mass is 212 g/mol. The van der Waals surface area contributed by atoms with E-state index < -0.39 is 0 Å². The van der Waals surface area contributed by atoms with Crippen molar-refractivity contribution in [1.29, 1.82) is 0 Å². The van der Waals surface area contributed by atoms with Crippen LogP contribution in [0.25, 0.3) is 0 Å². The fourth-order valence-corrected chi connectivity index (χ4v) is 2.24. The maximum Gasteiger partial charge on any atom is 0.00798 e. The molecule has 2 heteroatoms. The van der Waals surface area contributed by atoms with E-state index in [1.165, 1.54) is 38.9 Å². The SMILES string of the molecule is CC(C)CNC1CCCN(C(C)C)CC1. The van der Waals surface area contributed by atoms with Gasteiger partial charge in [0.2, 0.25) is 0 Å². The van der Waals surface area contributed by atoms with Crippen LogP contribution >= 0.6 is 0 Å². The Labute approximate surface area is 95.4 Å². The minimum atomic E-state index is 0.717. The standard InChI is InChI=1S/C13H28N2/c1-11(2)10-14-13-6-5-8-15(9-7-13)12(3)4/h11-14H,5-10H2,1-4H3. The van der Waals surface area contributed by atoms with Gasteiger partial charge < -0.3 is 10.2 Å². The minimum Gasteiger partial charge on any atom is -0.314 e. The molecule has 1 unspecified atom stereocenters. The lowest BCUT2D eigenvalue weighted by molar-refractivity contribution is 0.229. The molecule has 0 aliphatic carbocycles. The van der Waals surface area contributed by atoms with Crippen molar-refractivity contribution in [3.8, 4) is 0 Å². The van der Waals surface area contributed by atoms with E-state index in [1.807, 2.05) is 0 Å². The molecule has 1 N–H and O–H groups in total. The van der Waals surface area contributed by atoms with E-state index in [4.69, 9.17) is 0 Å². The van der Waals surface area contributed by atoms with Crippen LogP contribution in [-0.4, -0.2) is 36.6 Å². The van der Waals surface area contributed by atoms with Crippen molar-refractivity contribution in [2.75, 3.05) is 19.6 Å². The highest BCUT2D eigenvalue weighted by Gasteiger charge is 2.18. The molecule has 2 nitrogen and oxygen atoms in total. The van der Waals surface area contributed by atoms with Crippen LogP contribution in [0.2, 0.25) is 0 Å². The average Bonchev–Trinajstić information content (AvgIpc) is 2.39. The molecule has 1 fully saturated rings. The Bertz CT molecular complexity index is 166. The summed E-state index contributed by atoms with van der Waals surface area (Å²) >= 11 is 0. The van der Waals surface area contributed by atoms with Crippen molar-refractivity contribution in [1.82, 2.24) is 10.2 Å². The third-order valence-corrected chi connectivity index (χ3v) is 3.31. The summed E-state index contributed by atoms with van der Waals surface area (Å²) in [5.41, 5.74) is 0. The highest BCUT2D eigenvalue weighted by Crippen LogP contribution is 2.13. The molecule has 0 aromatic rings. The van der Waals surface area contributed by atoms with Gasteiger partial charge in [0.1, 0.15) is 0 Å². The van der Waals surface area contributed by atoms with E-state index in [-0.39, 0.29) is 0 Å². The molecule has 1 aliphatic heterocycles. The van der Waals surface area contributed by atoms with Gasteiger partial charge >= 0.3 is 0 Å². The Kier molecular flexibility index (Phi) is 5.62. The predicted molar refractivity (Wildman–Crippen MR) is 67.2 cm³/mol. The van der Waals surface area contributed by atoms with Gasteiger partial charge in [-0.1, -0.05) is 13.8 Å². The summed E-state index contributed by atoms with van der Waals surface area (Å²) in [6, 6.07) is 1.48. The van der Waals surface area contributed by atoms with Gasteiger partial charge in [-0.2, -0.15) is 0 Å². The fraction of sp³-hybridized carbons (Fsp3) is 1.00. The van der Waals surface area contributed by atoms with E-state index >= 15 is 0 Å². The summed E-state index contributed by atoms with van der Waals surface area (Å²) in [5.74, 6) is 0.773. The maximum absolute atomic E-state index is 3.69. The second kappa shape index (κ2) is 6.49. The molecule has 1 heterocycles. The van der Waals surface area contributed by atoms with Crippen LogP contribution in [-0.2, 0) is 0 Å². The summed E-state index contributed by atoms with van der Waals surface area (Å²) in [5, 5.41) is 3.69. The molecule has 1 aliphatic rings. The second-order valence-electron chi connectivity index (χ2n) is 5.56. The first-order valence-electron chi connectivity index (χ1n) is 6.57. The number of nitrogens with one attached hydrogen (secondary N) is 1. The van der Waals surface area contributed by atoms with Crippen molar-refractivity contribution >= 4 is 0 Å². The summed E-state index contributed by atoms with van der Waals surface area (Å²) in [6.45, 7) is 12.9. The number of nitrogens with zero attached hydrogens (tertiary/aromatic N) is 1. The van der Waals surface area contributed by atoms with E-state index in [9.17, 15) is 0 Å². The van der Waals surface area contributed by atoms with Crippen molar-refractivity contribution in [3.63, 3.8) is 0 Å². The zero-order valence-corrected chi connectivity index (χ0v) is 10.9. The predicted octanol–water partition coefficient (Wildman–Crippen LogP) is 2.49. The summed E-state index contributed by atoms with van der Waals surface area (Å²) in [6.07, 6.45) is 4.04. The second-order valence-corrected chi connectivity index (χ2v) is 5.56. The first kappa shape index (κ1) is 13.0. The molecule has 0 aromatic heterocycles. The average molecular weight is 212 g/mol. The normalized spacial score (nSPS) is 24.8. The van der Waals surface area contributed by atoms with Gasteiger partial charge in [0, 0.05) is 12.1 Å². The van der Waals surface area contributed by atoms with Gasteiger partial charge in [0.05, 0.1) is 0 Å². The van der Waals surface area contributed by atoms with E-state index in [0.717, 1.165) is 12.0 Å². The Morgan fingerprint density at radius 2 is 1.87 bits per heavy atom. The van der Waals surface area contributed by atoms with E-state index in [2.05, 4.69) is 37.9 Å². The van der Waals surface area contributed by atoms with Crippen molar-refractivity contribution < 1.29 is 0 Å². The molecule has 0 bridgehead atoms. The first-order valence-corrected chi connectivity index (χ1v) is 6.57. The van der Waals surface area contributed by atoms with E-state index in [1.54, 1.807) is 0 Å². The topological polar surface area (TPSA) is 15.3 Å². The van der Waals surface area contributed by atoms with Crippen LogP contribution in [0.3, 0.4) is 0 Å². The Balaban J connectivity index is 2.26. The van der Waals surface area contributed by atoms with Crippen LogP contribution in [0.1, 0.15) is 47.0 Å². The van der Waals surface area contributed by atoms with Crippen LogP contribution < -0.4 is 5.32 Å². The molecule has 90 valence electrons. The Morgan fingerprint density at radius 3 is 2.47 bits per heavy atom. The lowest BCUT2D eigenvalue weighted by Crippen LogP contribution is -2.35. The van der Waals surface area contributed by atoms with Crippen LogP contribution in [0.4, 0.5) is 0 Å². The van der Waals surface area contributed by atoms with E-state index in [0.29, 0.717) is 6.04 Å².